The summed E-state index contributed by atoms with van der Waals surface area (Å²) < 4.78 is 45.7. The lowest BCUT2D eigenvalue weighted by molar-refractivity contribution is -0.137. The molecule has 2 unspecified atom stereocenters. The number of alkyl halides is 3. The number of nitrogens with one attached hydrogen (secondary N) is 1. The van der Waals surface area contributed by atoms with Gasteiger partial charge in [-0.25, -0.2) is 0 Å². The first kappa shape index (κ1) is 21.5. The standard InChI is InChI=1S/C19H26F3N5O2/c1-13(18(28)23-8-4-10-29-2)26-9-3-5-14(11-26)17-25-24-16-7-6-15(12-27(16)17)19(20,21)22/h6-7,12-14H,3-5,8-11H2,1-2H3,(H,23,28). The second-order valence-corrected chi connectivity index (χ2v) is 7.35. The fourth-order valence-corrected chi connectivity index (χ4v) is 3.67. The maximum Gasteiger partial charge on any atom is 0.417 e. The van der Waals surface area contributed by atoms with Gasteiger partial charge in [0.05, 0.1) is 11.6 Å². The van der Waals surface area contributed by atoms with Crippen LogP contribution in [-0.4, -0.2) is 64.8 Å². The van der Waals surface area contributed by atoms with E-state index in [0.29, 0.717) is 31.2 Å². The highest BCUT2D eigenvalue weighted by atomic mass is 19.4. The van der Waals surface area contributed by atoms with Gasteiger partial charge in [0, 0.05) is 38.9 Å². The number of hydrogen-bond acceptors (Lipinski definition) is 5. The summed E-state index contributed by atoms with van der Waals surface area (Å²) >= 11 is 0. The van der Waals surface area contributed by atoms with Crippen molar-refractivity contribution < 1.29 is 22.7 Å². The zero-order valence-corrected chi connectivity index (χ0v) is 16.6. The first-order valence-electron chi connectivity index (χ1n) is 9.74. The van der Waals surface area contributed by atoms with Crippen LogP contribution in [0.15, 0.2) is 18.3 Å². The molecule has 7 nitrogen and oxygen atoms in total. The molecule has 2 aromatic rings. The summed E-state index contributed by atoms with van der Waals surface area (Å²) in [6.45, 7) is 4.28. The number of ether oxygens (including phenoxy) is 1. The smallest absolute Gasteiger partial charge is 0.385 e. The third-order valence-corrected chi connectivity index (χ3v) is 5.33. The van der Waals surface area contributed by atoms with Crippen molar-refractivity contribution in [1.82, 2.24) is 24.8 Å². The van der Waals surface area contributed by atoms with Crippen LogP contribution < -0.4 is 5.32 Å². The third-order valence-electron chi connectivity index (χ3n) is 5.33. The summed E-state index contributed by atoms with van der Waals surface area (Å²) in [6, 6.07) is 2.01. The normalized spacial score (nSPS) is 19.4. The Morgan fingerprint density at radius 3 is 2.90 bits per heavy atom. The third kappa shape index (κ3) is 5.05. The Morgan fingerprint density at radius 1 is 1.38 bits per heavy atom. The second-order valence-electron chi connectivity index (χ2n) is 7.35. The Hall–Kier alpha value is -2.20. The zero-order chi connectivity index (χ0) is 21.0. The van der Waals surface area contributed by atoms with Crippen LogP contribution in [0.25, 0.3) is 5.65 Å². The van der Waals surface area contributed by atoms with Gasteiger partial charge in [0.2, 0.25) is 5.91 Å². The number of piperidine rings is 1. The molecule has 3 rings (SSSR count). The molecule has 1 fully saturated rings. The first-order valence-corrected chi connectivity index (χ1v) is 9.74. The van der Waals surface area contributed by atoms with E-state index in [1.807, 2.05) is 6.92 Å². The fraction of sp³-hybridized carbons (Fsp3) is 0.632. The molecule has 0 bridgehead atoms. The number of likely N-dealkylation sites (tertiary alicyclic amines) is 1. The van der Waals surface area contributed by atoms with Gasteiger partial charge >= 0.3 is 6.18 Å². The molecule has 1 amide bonds. The molecule has 0 saturated carbocycles. The molecule has 2 atom stereocenters. The van der Waals surface area contributed by atoms with Gasteiger partial charge in [-0.1, -0.05) is 0 Å². The molecule has 0 spiro atoms. The van der Waals surface area contributed by atoms with Crippen molar-refractivity contribution in [3.05, 3.63) is 29.7 Å². The van der Waals surface area contributed by atoms with E-state index in [4.69, 9.17) is 4.74 Å². The van der Waals surface area contributed by atoms with E-state index < -0.39 is 11.7 Å². The molecule has 1 aliphatic heterocycles. The molecule has 3 heterocycles. The molecule has 10 heteroatoms. The van der Waals surface area contributed by atoms with Crippen LogP contribution in [0.4, 0.5) is 13.2 Å². The molecular formula is C19H26F3N5O2. The lowest BCUT2D eigenvalue weighted by atomic mass is 9.96. The summed E-state index contributed by atoms with van der Waals surface area (Å²) in [6.07, 6.45) is -1.01. The van der Waals surface area contributed by atoms with Crippen molar-refractivity contribution in [3.8, 4) is 0 Å². The van der Waals surface area contributed by atoms with Crippen LogP contribution in [0.1, 0.15) is 43.5 Å². The number of methoxy groups -OCH3 is 1. The van der Waals surface area contributed by atoms with E-state index in [1.165, 1.54) is 10.5 Å². The highest BCUT2D eigenvalue weighted by Crippen LogP contribution is 2.31. The maximum absolute atomic E-state index is 13.1. The van der Waals surface area contributed by atoms with Crippen molar-refractivity contribution in [2.24, 2.45) is 0 Å². The van der Waals surface area contributed by atoms with Crippen LogP contribution in [0.2, 0.25) is 0 Å². The number of aromatic nitrogens is 3. The number of carbonyl (C=O) groups excluding carboxylic acids is 1. The molecule has 0 radical (unpaired) electrons. The number of rotatable bonds is 7. The average molecular weight is 413 g/mol. The zero-order valence-electron chi connectivity index (χ0n) is 16.6. The quantitative estimate of drug-likeness (QED) is 0.706. The number of amides is 1. The lowest BCUT2D eigenvalue weighted by Crippen LogP contribution is -2.49. The minimum Gasteiger partial charge on any atom is -0.385 e. The SMILES string of the molecule is COCCCNC(=O)C(C)N1CCCC(c2nnc3ccc(C(F)(F)F)cn23)C1. The number of carbonyl (C=O) groups is 1. The summed E-state index contributed by atoms with van der Waals surface area (Å²) in [5.74, 6) is 0.349. The van der Waals surface area contributed by atoms with Gasteiger partial charge in [-0.15, -0.1) is 10.2 Å². The van der Waals surface area contributed by atoms with Gasteiger partial charge < -0.3 is 10.1 Å². The van der Waals surface area contributed by atoms with E-state index in [0.717, 1.165) is 38.1 Å². The van der Waals surface area contributed by atoms with Crippen LogP contribution in [0.5, 0.6) is 0 Å². The van der Waals surface area contributed by atoms with Gasteiger partial charge in [0.15, 0.2) is 5.65 Å². The van der Waals surface area contributed by atoms with Gasteiger partial charge in [0.25, 0.3) is 0 Å². The summed E-state index contributed by atoms with van der Waals surface area (Å²) in [5, 5.41) is 11.1. The van der Waals surface area contributed by atoms with E-state index in [1.54, 1.807) is 7.11 Å². The predicted molar refractivity (Wildman–Crippen MR) is 101 cm³/mol. The summed E-state index contributed by atoms with van der Waals surface area (Å²) in [7, 11) is 1.62. The Kier molecular flexibility index (Phi) is 6.74. The maximum atomic E-state index is 13.1. The Bertz CT molecular complexity index is 839. The monoisotopic (exact) mass is 413 g/mol. The van der Waals surface area contributed by atoms with Crippen molar-refractivity contribution >= 4 is 11.6 Å². The number of fused-ring (bicyclic) bond motifs is 1. The van der Waals surface area contributed by atoms with Crippen LogP contribution >= 0.6 is 0 Å². The van der Waals surface area contributed by atoms with E-state index in [2.05, 4.69) is 20.4 Å². The fourth-order valence-electron chi connectivity index (χ4n) is 3.67. The molecule has 29 heavy (non-hydrogen) atoms. The minimum atomic E-state index is -4.43. The topological polar surface area (TPSA) is 71.8 Å². The van der Waals surface area contributed by atoms with Gasteiger partial charge in [-0.2, -0.15) is 13.2 Å². The molecule has 160 valence electrons. The van der Waals surface area contributed by atoms with Crippen LogP contribution in [-0.2, 0) is 15.7 Å². The van der Waals surface area contributed by atoms with Crippen molar-refractivity contribution in [2.75, 3.05) is 33.4 Å². The van der Waals surface area contributed by atoms with Crippen LogP contribution in [0, 0.1) is 0 Å². The van der Waals surface area contributed by atoms with E-state index in [9.17, 15) is 18.0 Å². The molecular weight excluding hydrogens is 387 g/mol. The summed E-state index contributed by atoms with van der Waals surface area (Å²) in [5.41, 5.74) is -0.350. The van der Waals surface area contributed by atoms with Gasteiger partial charge in [-0.3, -0.25) is 14.1 Å². The Balaban J connectivity index is 1.71. The largest absolute Gasteiger partial charge is 0.417 e. The van der Waals surface area contributed by atoms with Crippen molar-refractivity contribution in [2.45, 2.75) is 44.3 Å². The highest BCUT2D eigenvalue weighted by molar-refractivity contribution is 5.81. The first-order chi connectivity index (χ1) is 13.8. The number of nitrogens with zero attached hydrogens (tertiary/aromatic N) is 4. The molecule has 0 aliphatic carbocycles. The number of halogens is 3. The number of hydrogen-bond donors (Lipinski definition) is 1. The van der Waals surface area contributed by atoms with Crippen LogP contribution in [0.3, 0.4) is 0 Å². The van der Waals surface area contributed by atoms with Crippen molar-refractivity contribution in [3.63, 3.8) is 0 Å². The van der Waals surface area contributed by atoms with Gasteiger partial charge in [0.1, 0.15) is 5.82 Å². The Labute approximate surface area is 167 Å². The number of pyridine rings is 1. The highest BCUT2D eigenvalue weighted by Gasteiger charge is 2.33. The molecule has 2 aromatic heterocycles. The molecule has 1 aliphatic rings. The van der Waals surface area contributed by atoms with E-state index in [-0.39, 0.29) is 17.9 Å². The second kappa shape index (κ2) is 9.08. The Morgan fingerprint density at radius 2 is 2.17 bits per heavy atom. The molecule has 1 N–H and O–H groups in total. The van der Waals surface area contributed by atoms with E-state index >= 15 is 0 Å². The average Bonchev–Trinajstić information content (AvgIpc) is 3.13. The molecule has 1 saturated heterocycles. The molecule has 0 aromatic carbocycles. The van der Waals surface area contributed by atoms with Gasteiger partial charge in [-0.05, 0) is 44.9 Å². The van der Waals surface area contributed by atoms with Crippen molar-refractivity contribution in [1.29, 1.82) is 0 Å². The summed E-state index contributed by atoms with van der Waals surface area (Å²) in [4.78, 5) is 14.5. The predicted octanol–water partition coefficient (Wildman–Crippen LogP) is 2.47. The lowest BCUT2D eigenvalue weighted by Gasteiger charge is -2.35. The minimum absolute atomic E-state index is 0.0628.